The molecule has 2 aromatic rings. The number of anilines is 1. The molecule has 0 aliphatic heterocycles. The van der Waals surface area contributed by atoms with E-state index in [0.717, 1.165) is 40.7 Å². The van der Waals surface area contributed by atoms with Gasteiger partial charge in [-0.15, -0.1) is 11.3 Å². The lowest BCUT2D eigenvalue weighted by molar-refractivity contribution is 0.883. The molecule has 4 nitrogen and oxygen atoms in total. The minimum absolute atomic E-state index is 0.785. The van der Waals surface area contributed by atoms with Gasteiger partial charge >= 0.3 is 0 Å². The van der Waals surface area contributed by atoms with E-state index < -0.39 is 0 Å². The summed E-state index contributed by atoms with van der Waals surface area (Å²) in [6, 6.07) is 0. The molecule has 0 unspecified atom stereocenters. The Morgan fingerprint density at radius 3 is 2.76 bits per heavy atom. The SMILES string of the molecule is CCc1nc(Cc2nccs2)c(C)c(NC)n1. The Morgan fingerprint density at radius 2 is 2.18 bits per heavy atom. The number of aromatic nitrogens is 3. The van der Waals surface area contributed by atoms with Gasteiger partial charge in [0.15, 0.2) is 0 Å². The second-order valence-corrected chi connectivity index (χ2v) is 4.75. The van der Waals surface area contributed by atoms with Crippen LogP contribution in [-0.2, 0) is 12.8 Å². The molecular weight excluding hydrogens is 232 g/mol. The molecule has 17 heavy (non-hydrogen) atoms. The molecule has 2 rings (SSSR count). The van der Waals surface area contributed by atoms with E-state index in [2.05, 4.69) is 27.2 Å². The van der Waals surface area contributed by atoms with Crippen LogP contribution in [0.2, 0.25) is 0 Å². The van der Waals surface area contributed by atoms with Gasteiger partial charge in [0.1, 0.15) is 11.6 Å². The molecule has 0 radical (unpaired) electrons. The average molecular weight is 248 g/mol. The second-order valence-electron chi connectivity index (χ2n) is 3.77. The number of aryl methyl sites for hydroxylation is 1. The lowest BCUT2D eigenvalue weighted by Gasteiger charge is -2.10. The normalized spacial score (nSPS) is 10.5. The maximum absolute atomic E-state index is 4.59. The third-order valence-corrected chi connectivity index (χ3v) is 3.43. The third kappa shape index (κ3) is 2.61. The fourth-order valence-corrected chi connectivity index (χ4v) is 2.29. The first kappa shape index (κ1) is 12.0. The van der Waals surface area contributed by atoms with Crippen molar-refractivity contribution in [1.29, 1.82) is 0 Å². The first-order valence-corrected chi connectivity index (χ1v) is 6.55. The van der Waals surface area contributed by atoms with Crippen LogP contribution in [0, 0.1) is 6.92 Å². The highest BCUT2D eigenvalue weighted by Gasteiger charge is 2.10. The molecule has 0 aromatic carbocycles. The molecule has 0 bridgehead atoms. The van der Waals surface area contributed by atoms with Crippen LogP contribution in [0.4, 0.5) is 5.82 Å². The van der Waals surface area contributed by atoms with Crippen LogP contribution >= 0.6 is 11.3 Å². The van der Waals surface area contributed by atoms with Gasteiger partial charge in [-0.25, -0.2) is 15.0 Å². The summed E-state index contributed by atoms with van der Waals surface area (Å²) in [7, 11) is 1.89. The van der Waals surface area contributed by atoms with Crippen LogP contribution in [-0.4, -0.2) is 22.0 Å². The standard InChI is InChI=1S/C12H16N4S/c1-4-10-15-9(7-11-14-5-6-17-11)8(2)12(13-3)16-10/h5-6H,4,7H2,1-3H3,(H,13,15,16). The van der Waals surface area contributed by atoms with E-state index in [0.29, 0.717) is 0 Å². The fourth-order valence-electron chi connectivity index (χ4n) is 1.67. The van der Waals surface area contributed by atoms with E-state index in [1.807, 2.05) is 25.5 Å². The lowest BCUT2D eigenvalue weighted by Crippen LogP contribution is -2.07. The molecular formula is C12H16N4S. The smallest absolute Gasteiger partial charge is 0.132 e. The molecule has 5 heteroatoms. The Morgan fingerprint density at radius 1 is 1.35 bits per heavy atom. The summed E-state index contributed by atoms with van der Waals surface area (Å²) in [5.74, 6) is 1.80. The fraction of sp³-hybridized carbons (Fsp3) is 0.417. The summed E-state index contributed by atoms with van der Waals surface area (Å²) in [5, 5.41) is 6.21. The Kier molecular flexibility index (Phi) is 3.68. The zero-order valence-corrected chi connectivity index (χ0v) is 11.1. The number of thiazole rings is 1. The van der Waals surface area contributed by atoms with Crippen molar-refractivity contribution in [2.75, 3.05) is 12.4 Å². The molecule has 1 N–H and O–H groups in total. The molecule has 0 spiro atoms. The van der Waals surface area contributed by atoms with Gasteiger partial charge in [-0.3, -0.25) is 0 Å². The van der Waals surface area contributed by atoms with Crippen molar-refractivity contribution in [3.8, 4) is 0 Å². The molecule has 2 aromatic heterocycles. The predicted octanol–water partition coefficient (Wildman–Crippen LogP) is 2.44. The molecule has 0 saturated heterocycles. The highest BCUT2D eigenvalue weighted by Crippen LogP contribution is 2.19. The maximum Gasteiger partial charge on any atom is 0.132 e. The molecule has 0 aliphatic rings. The number of hydrogen-bond acceptors (Lipinski definition) is 5. The minimum Gasteiger partial charge on any atom is -0.373 e. The van der Waals surface area contributed by atoms with Crippen LogP contribution in [0.5, 0.6) is 0 Å². The van der Waals surface area contributed by atoms with Gasteiger partial charge in [0.25, 0.3) is 0 Å². The Balaban J connectivity index is 2.38. The van der Waals surface area contributed by atoms with Gasteiger partial charge < -0.3 is 5.32 Å². The average Bonchev–Trinajstić information content (AvgIpc) is 2.84. The third-order valence-electron chi connectivity index (χ3n) is 2.65. The van der Waals surface area contributed by atoms with Crippen molar-refractivity contribution in [2.24, 2.45) is 0 Å². The van der Waals surface area contributed by atoms with Crippen LogP contribution in [0.15, 0.2) is 11.6 Å². The zero-order valence-electron chi connectivity index (χ0n) is 10.3. The van der Waals surface area contributed by atoms with Crippen LogP contribution < -0.4 is 5.32 Å². The van der Waals surface area contributed by atoms with Crippen molar-refractivity contribution in [2.45, 2.75) is 26.7 Å². The van der Waals surface area contributed by atoms with Gasteiger partial charge in [-0.05, 0) is 6.92 Å². The van der Waals surface area contributed by atoms with E-state index in [4.69, 9.17) is 0 Å². The monoisotopic (exact) mass is 248 g/mol. The Labute approximate surface area is 105 Å². The summed E-state index contributed by atoms with van der Waals surface area (Å²) < 4.78 is 0. The topological polar surface area (TPSA) is 50.7 Å². The van der Waals surface area contributed by atoms with Crippen molar-refractivity contribution in [3.05, 3.63) is 33.7 Å². The number of hydrogen-bond donors (Lipinski definition) is 1. The zero-order chi connectivity index (χ0) is 12.3. The highest BCUT2D eigenvalue weighted by molar-refractivity contribution is 7.09. The summed E-state index contributed by atoms with van der Waals surface area (Å²) in [6.07, 6.45) is 3.46. The Hall–Kier alpha value is -1.49. The molecule has 0 aliphatic carbocycles. The first-order chi connectivity index (χ1) is 8.24. The van der Waals surface area contributed by atoms with Gasteiger partial charge in [-0.1, -0.05) is 6.92 Å². The van der Waals surface area contributed by atoms with Gasteiger partial charge in [0.05, 0.1) is 10.7 Å². The number of rotatable bonds is 4. The maximum atomic E-state index is 4.59. The van der Waals surface area contributed by atoms with E-state index in [1.165, 1.54) is 0 Å². The summed E-state index contributed by atoms with van der Waals surface area (Å²) in [4.78, 5) is 13.4. The van der Waals surface area contributed by atoms with Crippen molar-refractivity contribution < 1.29 is 0 Å². The first-order valence-electron chi connectivity index (χ1n) is 5.67. The highest BCUT2D eigenvalue weighted by atomic mass is 32.1. The largest absolute Gasteiger partial charge is 0.373 e. The molecule has 2 heterocycles. The summed E-state index contributed by atoms with van der Waals surface area (Å²) >= 11 is 1.66. The molecule has 0 saturated carbocycles. The van der Waals surface area contributed by atoms with E-state index in [-0.39, 0.29) is 0 Å². The van der Waals surface area contributed by atoms with Gasteiger partial charge in [0.2, 0.25) is 0 Å². The number of nitrogens with zero attached hydrogens (tertiary/aromatic N) is 3. The second kappa shape index (κ2) is 5.23. The molecule has 0 fully saturated rings. The van der Waals surface area contributed by atoms with E-state index >= 15 is 0 Å². The minimum atomic E-state index is 0.785. The van der Waals surface area contributed by atoms with Gasteiger partial charge in [0, 0.05) is 37.0 Å². The quantitative estimate of drug-likeness (QED) is 0.903. The van der Waals surface area contributed by atoms with Crippen molar-refractivity contribution in [3.63, 3.8) is 0 Å². The van der Waals surface area contributed by atoms with Gasteiger partial charge in [-0.2, -0.15) is 0 Å². The molecule has 90 valence electrons. The van der Waals surface area contributed by atoms with Crippen molar-refractivity contribution in [1.82, 2.24) is 15.0 Å². The van der Waals surface area contributed by atoms with E-state index in [9.17, 15) is 0 Å². The lowest BCUT2D eigenvalue weighted by atomic mass is 10.2. The van der Waals surface area contributed by atoms with Crippen LogP contribution in [0.1, 0.15) is 29.0 Å². The molecule has 0 atom stereocenters. The van der Waals surface area contributed by atoms with Crippen LogP contribution in [0.3, 0.4) is 0 Å². The van der Waals surface area contributed by atoms with Crippen molar-refractivity contribution >= 4 is 17.2 Å². The van der Waals surface area contributed by atoms with Crippen LogP contribution in [0.25, 0.3) is 0 Å². The van der Waals surface area contributed by atoms with E-state index in [1.54, 1.807) is 11.3 Å². The summed E-state index contributed by atoms with van der Waals surface area (Å²) in [5.41, 5.74) is 2.18. The predicted molar refractivity (Wildman–Crippen MR) is 70.6 cm³/mol. The molecule has 0 amide bonds. The number of nitrogens with one attached hydrogen (secondary N) is 1. The Bertz CT molecular complexity index is 493. The summed E-state index contributed by atoms with van der Waals surface area (Å²) in [6.45, 7) is 4.12.